The van der Waals surface area contributed by atoms with Crippen LogP contribution in [0.3, 0.4) is 0 Å². The lowest BCUT2D eigenvalue weighted by Crippen LogP contribution is -2.13. The minimum Gasteiger partial charge on any atom is -0.505 e. The number of hydrogen-bond donors (Lipinski definition) is 5. The highest BCUT2D eigenvalue weighted by Gasteiger charge is 2.25. The van der Waals surface area contributed by atoms with Crippen molar-refractivity contribution in [1.29, 1.82) is 0 Å². The van der Waals surface area contributed by atoms with Gasteiger partial charge in [0.05, 0.1) is 10.6 Å². The number of rotatable bonds is 7. The van der Waals surface area contributed by atoms with Gasteiger partial charge in [-0.2, -0.15) is 25.3 Å². The quantitative estimate of drug-likeness (QED) is 0.102. The van der Waals surface area contributed by atoms with Gasteiger partial charge in [-0.1, -0.05) is 35.9 Å². The van der Waals surface area contributed by atoms with E-state index in [1.54, 1.807) is 25.1 Å². The van der Waals surface area contributed by atoms with Crippen LogP contribution in [0, 0.1) is 13.8 Å². The van der Waals surface area contributed by atoms with E-state index in [1.165, 1.54) is 25.1 Å². The lowest BCUT2D eigenvalue weighted by molar-refractivity contribution is 0.102. The van der Waals surface area contributed by atoms with Crippen LogP contribution in [0.4, 0.5) is 17.1 Å². The second-order valence-corrected chi connectivity index (χ2v) is 14.3. The first-order valence-electron chi connectivity index (χ1n) is 12.9. The molecule has 0 aliphatic carbocycles. The molecule has 0 saturated carbocycles. The van der Waals surface area contributed by atoms with Gasteiger partial charge in [0.2, 0.25) is 0 Å². The van der Waals surface area contributed by atoms with E-state index in [0.29, 0.717) is 0 Å². The fourth-order valence-electron chi connectivity index (χ4n) is 4.94. The number of aromatic hydroxyl groups is 1. The highest BCUT2D eigenvalue weighted by Crippen LogP contribution is 2.44. The van der Waals surface area contributed by atoms with Crippen LogP contribution in [0.15, 0.2) is 97.7 Å². The molecule has 0 aromatic heterocycles. The maximum atomic E-state index is 13.1. The number of benzene rings is 5. The molecule has 5 aromatic rings. The number of nitrogens with one attached hydrogen (secondary N) is 1. The number of amides is 1. The van der Waals surface area contributed by atoms with Crippen LogP contribution in [0.25, 0.3) is 21.5 Å². The number of fused-ring (bicyclic) bond motifs is 2. The van der Waals surface area contributed by atoms with Crippen LogP contribution >= 0.6 is 0 Å². The predicted octanol–water partition coefficient (Wildman–Crippen LogP) is 5.72. The van der Waals surface area contributed by atoms with Crippen LogP contribution in [0.2, 0.25) is 0 Å². The highest BCUT2D eigenvalue weighted by molar-refractivity contribution is 7.86. The summed E-state index contributed by atoms with van der Waals surface area (Å²) in [5, 5.41) is 21.2. The molecular weight excluding hydrogens is 663 g/mol. The predicted molar refractivity (Wildman–Crippen MR) is 167 cm³/mol. The number of anilines is 1. The van der Waals surface area contributed by atoms with Crippen molar-refractivity contribution in [2.45, 2.75) is 28.5 Å². The van der Waals surface area contributed by atoms with Gasteiger partial charge in [0.25, 0.3) is 36.3 Å². The fourth-order valence-corrected chi connectivity index (χ4v) is 7.02. The van der Waals surface area contributed by atoms with Crippen LogP contribution in [-0.4, -0.2) is 49.9 Å². The third-order valence-corrected chi connectivity index (χ3v) is 9.61. The van der Waals surface area contributed by atoms with Gasteiger partial charge < -0.3 is 10.4 Å². The van der Waals surface area contributed by atoms with E-state index in [1.807, 2.05) is 0 Å². The molecule has 0 aliphatic heterocycles. The first-order valence-corrected chi connectivity index (χ1v) is 17.3. The Morgan fingerprint density at radius 1 is 0.739 bits per heavy atom. The molecule has 1 amide bonds. The van der Waals surface area contributed by atoms with E-state index in [4.69, 9.17) is 0 Å². The Balaban J connectivity index is 1.71. The summed E-state index contributed by atoms with van der Waals surface area (Å²) in [4.78, 5) is 11.1. The molecule has 17 heteroatoms. The number of carbonyl (C=O) groups excluding carboxylic acids is 1. The van der Waals surface area contributed by atoms with E-state index < -0.39 is 62.4 Å². The topological polar surface area (TPSA) is 237 Å². The van der Waals surface area contributed by atoms with Gasteiger partial charge >= 0.3 is 0 Å². The van der Waals surface area contributed by atoms with E-state index >= 15 is 0 Å². The van der Waals surface area contributed by atoms with Crippen molar-refractivity contribution in [2.75, 3.05) is 5.32 Å². The molecule has 0 spiro atoms. The normalized spacial score (nSPS) is 12.6. The van der Waals surface area contributed by atoms with Crippen molar-refractivity contribution in [3.63, 3.8) is 0 Å². The third-order valence-electron chi connectivity index (χ3n) is 6.92. The molecule has 0 saturated heterocycles. The molecule has 238 valence electrons. The molecule has 0 atom stereocenters. The first kappa shape index (κ1) is 32.6. The van der Waals surface area contributed by atoms with Gasteiger partial charge in [-0.3, -0.25) is 18.5 Å². The Morgan fingerprint density at radius 3 is 2.07 bits per heavy atom. The summed E-state index contributed by atoms with van der Waals surface area (Å²) in [5.41, 5.74) is 0.246. The van der Waals surface area contributed by atoms with Crippen LogP contribution < -0.4 is 5.32 Å². The molecular formula is C29H23N3O11S3. The summed E-state index contributed by atoms with van der Waals surface area (Å²) in [6, 6.07) is 15.4. The summed E-state index contributed by atoms with van der Waals surface area (Å²) in [5.74, 6) is -1.28. The number of phenolic OH excluding ortho intramolecular Hbond substituents is 1. The van der Waals surface area contributed by atoms with E-state index in [0.717, 1.165) is 42.0 Å². The second kappa shape index (κ2) is 11.5. The Bertz CT molecular complexity index is 2480. The SMILES string of the molecule is Cc1cccc(C(=O)Nc2cc(S(=O)(=O)O)cc3cc(C)c(N=Nc4ccc5c(S(=O)(=O)O)cccc5c4S(=O)(=O)O)c(O)c23)c1. The van der Waals surface area contributed by atoms with Gasteiger partial charge in [-0.05, 0) is 67.3 Å². The van der Waals surface area contributed by atoms with Crippen molar-refractivity contribution in [2.24, 2.45) is 10.2 Å². The summed E-state index contributed by atoms with van der Waals surface area (Å²) in [7, 11) is -14.6. The summed E-state index contributed by atoms with van der Waals surface area (Å²) in [6.07, 6.45) is 0. The number of aryl methyl sites for hydroxylation is 2. The molecule has 5 rings (SSSR count). The molecule has 5 aromatic carbocycles. The molecule has 0 heterocycles. The monoisotopic (exact) mass is 685 g/mol. The fraction of sp³-hybridized carbons (Fsp3) is 0.0690. The number of phenols is 1. The number of carbonyl (C=O) groups is 1. The zero-order chi connectivity index (χ0) is 33.8. The first-order chi connectivity index (χ1) is 21.4. The van der Waals surface area contributed by atoms with Crippen molar-refractivity contribution in [1.82, 2.24) is 0 Å². The minimum absolute atomic E-state index is 0.0747. The van der Waals surface area contributed by atoms with Gasteiger partial charge in [0, 0.05) is 21.7 Å². The average molecular weight is 686 g/mol. The Labute approximate surface area is 262 Å². The zero-order valence-corrected chi connectivity index (χ0v) is 26.1. The largest absolute Gasteiger partial charge is 0.505 e. The molecule has 0 unspecified atom stereocenters. The smallest absolute Gasteiger partial charge is 0.297 e. The molecule has 0 bridgehead atoms. The van der Waals surface area contributed by atoms with Crippen LogP contribution in [-0.2, 0) is 30.4 Å². The summed E-state index contributed by atoms with van der Waals surface area (Å²) in [6.45, 7) is 3.22. The Hall–Kier alpha value is -4.78. The van der Waals surface area contributed by atoms with Crippen LogP contribution in [0.5, 0.6) is 5.75 Å². The lowest BCUT2D eigenvalue weighted by atomic mass is 10.0. The standard InChI is InChI=1S/C29H23N3O11S3/c1-15-5-3-6-17(11-15)29(34)30-23-14-19(44(35,36)37)13-18-12-16(2)26(27(33)25(18)23)32-31-22-10-9-20-21(28(22)46(41,42)43)7-4-8-24(20)45(38,39)40/h3-14,33H,1-2H3,(H,30,34)(H,35,36,37)(H,38,39,40)(H,41,42,43). The second-order valence-electron chi connectivity index (χ2n) is 10.2. The summed E-state index contributed by atoms with van der Waals surface area (Å²) >= 11 is 0. The highest BCUT2D eigenvalue weighted by atomic mass is 32.2. The van der Waals surface area contributed by atoms with E-state index in [9.17, 15) is 48.8 Å². The molecule has 5 N–H and O–H groups in total. The van der Waals surface area contributed by atoms with Crippen molar-refractivity contribution >= 4 is 74.9 Å². The minimum atomic E-state index is -5.07. The number of nitrogens with zero attached hydrogens (tertiary/aromatic N) is 2. The molecule has 0 aliphatic rings. The summed E-state index contributed by atoms with van der Waals surface area (Å²) < 4.78 is 102. The third kappa shape index (κ3) is 6.32. The molecule has 0 radical (unpaired) electrons. The molecule has 46 heavy (non-hydrogen) atoms. The van der Waals surface area contributed by atoms with Crippen molar-refractivity contribution in [3.05, 3.63) is 89.5 Å². The van der Waals surface area contributed by atoms with Crippen molar-refractivity contribution < 1.29 is 48.8 Å². The van der Waals surface area contributed by atoms with Gasteiger partial charge in [0.15, 0.2) is 5.75 Å². The van der Waals surface area contributed by atoms with Gasteiger partial charge in [-0.25, -0.2) is 0 Å². The maximum absolute atomic E-state index is 13.1. The van der Waals surface area contributed by atoms with E-state index in [-0.39, 0.29) is 44.0 Å². The van der Waals surface area contributed by atoms with Crippen LogP contribution in [0.1, 0.15) is 21.5 Å². The number of hydrogen-bond acceptors (Lipinski definition) is 10. The van der Waals surface area contributed by atoms with E-state index in [2.05, 4.69) is 15.5 Å². The lowest BCUT2D eigenvalue weighted by Gasteiger charge is -2.15. The number of azo groups is 1. The van der Waals surface area contributed by atoms with Crippen molar-refractivity contribution in [3.8, 4) is 5.75 Å². The Morgan fingerprint density at radius 2 is 1.43 bits per heavy atom. The van der Waals surface area contributed by atoms with Gasteiger partial charge in [0.1, 0.15) is 21.2 Å². The maximum Gasteiger partial charge on any atom is 0.297 e. The Kier molecular flexibility index (Phi) is 8.18. The van der Waals surface area contributed by atoms with Gasteiger partial charge in [-0.15, -0.1) is 10.2 Å². The average Bonchev–Trinajstić information content (AvgIpc) is 2.94. The zero-order valence-electron chi connectivity index (χ0n) is 23.7. The molecule has 0 fully saturated rings. The molecule has 14 nitrogen and oxygen atoms in total.